The second kappa shape index (κ2) is 20.8. The number of methoxy groups -OCH3 is 2. The molecule has 3 N–H and O–H groups in total. The number of hydrogen-bond acceptors (Lipinski definition) is 9. The molecule has 2 heterocycles. The lowest BCUT2D eigenvalue weighted by Gasteiger charge is -2.28. The summed E-state index contributed by atoms with van der Waals surface area (Å²) in [7, 11) is 2.64. The minimum absolute atomic E-state index is 0. The van der Waals surface area contributed by atoms with E-state index in [9.17, 15) is 24.3 Å². The number of esters is 2. The molecule has 0 aliphatic carbocycles. The van der Waals surface area contributed by atoms with Gasteiger partial charge in [-0.15, -0.1) is 0 Å². The lowest BCUT2D eigenvalue weighted by molar-refractivity contribution is -0.151. The maximum Gasteiger partial charge on any atom is 0.328 e. The number of aliphatic hydroxyl groups excluding tert-OH is 2. The van der Waals surface area contributed by atoms with Crippen LogP contribution < -0.4 is 5.32 Å². The molecule has 0 spiro atoms. The number of nitrogens with one attached hydrogen (secondary N) is 1. The summed E-state index contributed by atoms with van der Waals surface area (Å²) in [5.74, 6) is -1.89. The second-order valence-corrected chi connectivity index (χ2v) is 12.5. The van der Waals surface area contributed by atoms with Gasteiger partial charge in [-0.05, 0) is 33.9 Å². The zero-order valence-corrected chi connectivity index (χ0v) is 29.3. The number of ether oxygens (including phenoxy) is 2. The normalized spacial score (nSPS) is 18.9. The van der Waals surface area contributed by atoms with Crippen LogP contribution in [0.25, 0.3) is 0 Å². The van der Waals surface area contributed by atoms with Crippen LogP contribution in [0.5, 0.6) is 0 Å². The monoisotopic (exact) mass is 730 g/mol. The molecular weight excluding hydrogens is 684 g/mol. The van der Waals surface area contributed by atoms with E-state index in [4.69, 9.17) is 21.4 Å². The number of amides is 1. The van der Waals surface area contributed by atoms with Gasteiger partial charge in [0.15, 0.2) is 0 Å². The van der Waals surface area contributed by atoms with E-state index in [2.05, 4.69) is 10.1 Å². The van der Waals surface area contributed by atoms with Crippen molar-refractivity contribution in [3.63, 3.8) is 0 Å². The molecule has 4 atom stereocenters. The number of halogens is 1. The first-order valence-electron chi connectivity index (χ1n) is 16.6. The lowest BCUT2D eigenvalue weighted by Crippen LogP contribution is -2.43. The highest BCUT2D eigenvalue weighted by molar-refractivity contribution is 6.65. The SMILES string of the molecule is C.COC(=O)[C@@H]1C[C@@H](O)CN1.COC(=O)[C@@H]1C[C@@H](O)CN1C(=O)C(c1ccccc1)c1ccccc1.O=C(Cl)C(c1ccccc1)c1ccccc1. The summed E-state index contributed by atoms with van der Waals surface area (Å²) in [4.78, 5) is 49.1. The van der Waals surface area contributed by atoms with Crippen molar-refractivity contribution >= 4 is 34.7 Å². The number of β-amino-alcohol motifs (C(OH)–C–C–N with tert-alkyl or cyclic N) is 2. The smallest absolute Gasteiger partial charge is 0.328 e. The Morgan fingerprint density at radius 3 is 1.40 bits per heavy atom. The Morgan fingerprint density at radius 2 is 1.06 bits per heavy atom. The van der Waals surface area contributed by atoms with Crippen molar-refractivity contribution in [1.29, 1.82) is 0 Å². The van der Waals surface area contributed by atoms with Crippen molar-refractivity contribution in [1.82, 2.24) is 10.2 Å². The first-order valence-corrected chi connectivity index (χ1v) is 17.0. The van der Waals surface area contributed by atoms with E-state index in [1.165, 1.54) is 19.1 Å². The summed E-state index contributed by atoms with van der Waals surface area (Å²) in [6.07, 6.45) is -0.453. The number of aliphatic hydroxyl groups is 2. The van der Waals surface area contributed by atoms with Gasteiger partial charge < -0.3 is 29.9 Å². The Hall–Kier alpha value is -4.87. The fourth-order valence-corrected chi connectivity index (χ4v) is 6.39. The molecule has 4 aromatic carbocycles. The third-order valence-corrected chi connectivity index (χ3v) is 8.85. The number of hydrogen-bond donors (Lipinski definition) is 3. The van der Waals surface area contributed by atoms with Crippen LogP contribution in [0.15, 0.2) is 121 Å². The van der Waals surface area contributed by atoms with Gasteiger partial charge in [-0.2, -0.15) is 0 Å². The summed E-state index contributed by atoms with van der Waals surface area (Å²) in [5, 5.41) is 21.4. The Balaban J connectivity index is 0.000000231. The van der Waals surface area contributed by atoms with Gasteiger partial charge in [-0.25, -0.2) is 4.79 Å². The fourth-order valence-electron chi connectivity index (χ4n) is 6.14. The highest BCUT2D eigenvalue weighted by Crippen LogP contribution is 2.31. The molecule has 6 rings (SSSR count). The van der Waals surface area contributed by atoms with Crippen molar-refractivity contribution in [2.45, 2.75) is 56.4 Å². The Labute approximate surface area is 310 Å². The van der Waals surface area contributed by atoms with Crippen LogP contribution in [0, 0.1) is 0 Å². The molecule has 0 bridgehead atoms. The van der Waals surface area contributed by atoms with Gasteiger partial charge in [0.1, 0.15) is 12.1 Å². The van der Waals surface area contributed by atoms with E-state index < -0.39 is 30.1 Å². The topological polar surface area (TPSA) is 142 Å². The van der Waals surface area contributed by atoms with E-state index in [1.807, 2.05) is 121 Å². The maximum absolute atomic E-state index is 13.3. The molecule has 0 unspecified atom stereocenters. The zero-order valence-electron chi connectivity index (χ0n) is 28.5. The summed E-state index contributed by atoms with van der Waals surface area (Å²) in [5.41, 5.74) is 3.55. The molecule has 10 nitrogen and oxygen atoms in total. The molecule has 0 aromatic heterocycles. The Morgan fingerprint density at radius 1 is 0.654 bits per heavy atom. The molecule has 2 aliphatic heterocycles. The first kappa shape index (κ1) is 41.5. The highest BCUT2D eigenvalue weighted by atomic mass is 35.5. The highest BCUT2D eigenvalue weighted by Gasteiger charge is 2.42. The van der Waals surface area contributed by atoms with E-state index in [0.717, 1.165) is 22.3 Å². The molecule has 0 saturated carbocycles. The molecule has 4 aromatic rings. The Kier molecular flexibility index (Phi) is 16.7. The molecule has 2 fully saturated rings. The number of rotatable bonds is 8. The van der Waals surface area contributed by atoms with Crippen LogP contribution in [0.3, 0.4) is 0 Å². The molecule has 11 heteroatoms. The quantitative estimate of drug-likeness (QED) is 0.168. The predicted octanol–water partition coefficient (Wildman–Crippen LogP) is 5.06. The van der Waals surface area contributed by atoms with Gasteiger partial charge in [0, 0.05) is 25.9 Å². The van der Waals surface area contributed by atoms with Gasteiger partial charge in [-0.1, -0.05) is 129 Å². The molecule has 276 valence electrons. The van der Waals surface area contributed by atoms with Gasteiger partial charge in [-0.3, -0.25) is 14.4 Å². The van der Waals surface area contributed by atoms with Crippen molar-refractivity contribution in [2.24, 2.45) is 0 Å². The van der Waals surface area contributed by atoms with Crippen molar-refractivity contribution in [3.05, 3.63) is 144 Å². The van der Waals surface area contributed by atoms with Gasteiger partial charge in [0.25, 0.3) is 0 Å². The third kappa shape index (κ3) is 11.3. The summed E-state index contributed by atoms with van der Waals surface area (Å²) < 4.78 is 9.28. The van der Waals surface area contributed by atoms with Gasteiger partial charge in [0.05, 0.1) is 38.3 Å². The van der Waals surface area contributed by atoms with Crippen LogP contribution in [-0.2, 0) is 28.7 Å². The van der Waals surface area contributed by atoms with E-state index in [0.29, 0.717) is 13.0 Å². The summed E-state index contributed by atoms with van der Waals surface area (Å²) in [6, 6.07) is 37.0. The van der Waals surface area contributed by atoms with Crippen LogP contribution in [0.1, 0.15) is 54.4 Å². The summed E-state index contributed by atoms with van der Waals surface area (Å²) >= 11 is 5.67. The lowest BCUT2D eigenvalue weighted by atomic mass is 9.90. The molecule has 2 saturated heterocycles. The minimum Gasteiger partial charge on any atom is -0.468 e. The standard InChI is InChI=1S/C20H21NO4.C14H11ClO.C6H11NO3.CH4/c1-25-20(24)17-12-16(22)13-21(17)19(23)18(14-8-4-2-5-9-14)15-10-6-3-7-11-15;15-14(16)13(11-7-3-1-4-8-11)12-9-5-2-6-10-12;1-10-6(9)5-2-4(8)3-7-5;/h2-11,16-18,22H,12-13H2,1H3;1-10,13H;4-5,7-8H,2-3H2,1H3;1H4/t16-,17+;;4-,5+;/m1.1./s1. The van der Waals surface area contributed by atoms with Crippen LogP contribution >= 0.6 is 11.6 Å². The molecule has 52 heavy (non-hydrogen) atoms. The zero-order chi connectivity index (χ0) is 36.8. The Bertz CT molecular complexity index is 1620. The molecule has 1 amide bonds. The van der Waals surface area contributed by atoms with Crippen molar-refractivity contribution in [3.8, 4) is 0 Å². The minimum atomic E-state index is -0.748. The van der Waals surface area contributed by atoms with Gasteiger partial charge in [0.2, 0.25) is 11.1 Å². The number of carbonyl (C=O) groups excluding carboxylic acids is 4. The molecular formula is C41H47ClN2O8. The number of likely N-dealkylation sites (tertiary alicyclic amines) is 1. The first-order chi connectivity index (χ1) is 24.6. The van der Waals surface area contributed by atoms with E-state index in [-0.39, 0.29) is 49.5 Å². The largest absolute Gasteiger partial charge is 0.468 e. The van der Waals surface area contributed by atoms with Crippen LogP contribution in [-0.4, -0.2) is 89.8 Å². The maximum atomic E-state index is 13.3. The van der Waals surface area contributed by atoms with Crippen LogP contribution in [0.4, 0.5) is 0 Å². The van der Waals surface area contributed by atoms with Gasteiger partial charge >= 0.3 is 11.9 Å². The average Bonchev–Trinajstić information content (AvgIpc) is 3.78. The number of nitrogens with zero attached hydrogens (tertiary/aromatic N) is 1. The van der Waals surface area contributed by atoms with E-state index in [1.54, 1.807) is 0 Å². The fraction of sp³-hybridized carbons (Fsp3) is 0.317. The summed E-state index contributed by atoms with van der Waals surface area (Å²) in [6.45, 7) is 0.620. The number of carbonyl (C=O) groups is 4. The second-order valence-electron chi connectivity index (χ2n) is 12.1. The molecule has 0 radical (unpaired) electrons. The average molecular weight is 731 g/mol. The van der Waals surface area contributed by atoms with Crippen molar-refractivity contribution in [2.75, 3.05) is 27.3 Å². The molecule has 2 aliphatic rings. The van der Waals surface area contributed by atoms with E-state index >= 15 is 0 Å². The van der Waals surface area contributed by atoms with Crippen molar-refractivity contribution < 1.29 is 38.9 Å². The number of benzene rings is 4. The third-order valence-electron chi connectivity index (χ3n) is 8.63. The van der Waals surface area contributed by atoms with Crippen LogP contribution in [0.2, 0.25) is 0 Å². The predicted molar refractivity (Wildman–Crippen MR) is 200 cm³/mol.